The van der Waals surface area contributed by atoms with E-state index in [4.69, 9.17) is 5.10 Å². The van der Waals surface area contributed by atoms with Crippen molar-refractivity contribution in [2.24, 2.45) is 0 Å². The summed E-state index contributed by atoms with van der Waals surface area (Å²) in [6, 6.07) is 14.3. The van der Waals surface area contributed by atoms with Gasteiger partial charge in [-0.2, -0.15) is 5.10 Å². The highest BCUT2D eigenvalue weighted by Crippen LogP contribution is 2.33. The molecule has 172 valence electrons. The SMILES string of the molecule is CCc1ccc(CN2C(=O)c3cc(-c4cccs4)nn3C[C@@]2(C)C(=O)NC2CCCC2)cc1. The number of rotatable bonds is 6. The molecular formula is C26H30N4O2S. The van der Waals surface area contributed by atoms with Gasteiger partial charge in [-0.25, -0.2) is 0 Å². The number of nitrogens with zero attached hydrogens (tertiary/aromatic N) is 3. The maximum atomic E-state index is 13.8. The molecule has 2 aliphatic rings. The minimum absolute atomic E-state index is 0.0910. The second kappa shape index (κ2) is 8.78. The molecule has 2 aromatic heterocycles. The van der Waals surface area contributed by atoms with E-state index >= 15 is 0 Å². The maximum absolute atomic E-state index is 13.8. The summed E-state index contributed by atoms with van der Waals surface area (Å²) in [7, 11) is 0. The summed E-state index contributed by atoms with van der Waals surface area (Å²) in [5, 5.41) is 9.95. The first-order chi connectivity index (χ1) is 16.0. The molecule has 1 aliphatic heterocycles. The number of aryl methyl sites for hydroxylation is 1. The van der Waals surface area contributed by atoms with Crippen LogP contribution >= 0.6 is 11.3 Å². The molecule has 1 fully saturated rings. The van der Waals surface area contributed by atoms with E-state index in [1.54, 1.807) is 20.9 Å². The van der Waals surface area contributed by atoms with Gasteiger partial charge in [0, 0.05) is 12.6 Å². The number of thiophene rings is 1. The Labute approximate surface area is 198 Å². The smallest absolute Gasteiger partial charge is 0.273 e. The average molecular weight is 463 g/mol. The van der Waals surface area contributed by atoms with Crippen molar-refractivity contribution in [1.82, 2.24) is 20.0 Å². The van der Waals surface area contributed by atoms with Crippen molar-refractivity contribution < 1.29 is 9.59 Å². The second-order valence-electron chi connectivity index (χ2n) is 9.34. The number of fused-ring (bicyclic) bond motifs is 1. The lowest BCUT2D eigenvalue weighted by Crippen LogP contribution is -2.64. The molecule has 3 aromatic rings. The van der Waals surface area contributed by atoms with Gasteiger partial charge in [-0.15, -0.1) is 11.3 Å². The lowest BCUT2D eigenvalue weighted by molar-refractivity contribution is -0.134. The van der Waals surface area contributed by atoms with Crippen LogP contribution in [0.5, 0.6) is 0 Å². The number of carbonyl (C=O) groups is 2. The van der Waals surface area contributed by atoms with E-state index in [0.29, 0.717) is 18.8 Å². The molecular weight excluding hydrogens is 432 g/mol. The van der Waals surface area contributed by atoms with Gasteiger partial charge >= 0.3 is 0 Å². The fraction of sp³-hybridized carbons (Fsp3) is 0.423. The lowest BCUT2D eigenvalue weighted by Gasteiger charge is -2.43. The van der Waals surface area contributed by atoms with Crippen LogP contribution in [0.2, 0.25) is 0 Å². The zero-order valence-electron chi connectivity index (χ0n) is 19.2. The second-order valence-corrected chi connectivity index (χ2v) is 10.3. The molecule has 0 saturated heterocycles. The van der Waals surface area contributed by atoms with Crippen LogP contribution in [-0.2, 0) is 24.3 Å². The number of carbonyl (C=O) groups excluding carboxylic acids is 2. The van der Waals surface area contributed by atoms with E-state index in [1.165, 1.54) is 5.56 Å². The lowest BCUT2D eigenvalue weighted by atomic mass is 9.93. The highest BCUT2D eigenvalue weighted by molar-refractivity contribution is 7.13. The molecule has 3 heterocycles. The fourth-order valence-electron chi connectivity index (χ4n) is 4.91. The molecule has 1 aromatic carbocycles. The molecule has 0 bridgehead atoms. The Kier molecular flexibility index (Phi) is 5.83. The van der Waals surface area contributed by atoms with Crippen molar-refractivity contribution in [3.05, 3.63) is 64.7 Å². The van der Waals surface area contributed by atoms with E-state index in [0.717, 1.165) is 48.2 Å². The summed E-state index contributed by atoms with van der Waals surface area (Å²) in [6.45, 7) is 4.73. The van der Waals surface area contributed by atoms with Gasteiger partial charge in [-0.05, 0) is 54.8 Å². The van der Waals surface area contributed by atoms with Crippen LogP contribution in [0.15, 0.2) is 47.8 Å². The summed E-state index contributed by atoms with van der Waals surface area (Å²) in [5.74, 6) is -0.244. The summed E-state index contributed by atoms with van der Waals surface area (Å²) >= 11 is 1.60. The van der Waals surface area contributed by atoms with E-state index in [-0.39, 0.29) is 17.9 Å². The number of aromatic nitrogens is 2. The molecule has 5 rings (SSSR count). The molecule has 1 N–H and O–H groups in total. The maximum Gasteiger partial charge on any atom is 0.273 e. The van der Waals surface area contributed by atoms with E-state index in [1.807, 2.05) is 30.5 Å². The third-order valence-electron chi connectivity index (χ3n) is 7.02. The molecule has 1 aliphatic carbocycles. The quantitative estimate of drug-likeness (QED) is 0.580. The largest absolute Gasteiger partial charge is 0.351 e. The summed E-state index contributed by atoms with van der Waals surface area (Å²) in [4.78, 5) is 30.2. The van der Waals surface area contributed by atoms with Gasteiger partial charge in [0.1, 0.15) is 16.9 Å². The van der Waals surface area contributed by atoms with Crippen LogP contribution in [0.25, 0.3) is 10.6 Å². The van der Waals surface area contributed by atoms with Crippen molar-refractivity contribution in [2.75, 3.05) is 0 Å². The topological polar surface area (TPSA) is 67.2 Å². The van der Waals surface area contributed by atoms with Gasteiger partial charge in [0.2, 0.25) is 5.91 Å². The standard InChI is InChI=1S/C26H30N4O2S/c1-3-18-10-12-19(13-11-18)16-29-24(31)22-15-21(23-9-6-14-33-23)28-30(22)17-26(29,2)25(32)27-20-7-4-5-8-20/h6,9-15,20H,3-5,7-8,16-17H2,1-2H3,(H,27,32)/t26-/m0/s1. The van der Waals surface area contributed by atoms with Crippen LogP contribution in [0, 0.1) is 0 Å². The van der Waals surface area contributed by atoms with Crippen molar-refractivity contribution >= 4 is 23.2 Å². The summed E-state index contributed by atoms with van der Waals surface area (Å²) in [6.07, 6.45) is 5.26. The van der Waals surface area contributed by atoms with Crippen LogP contribution in [0.1, 0.15) is 61.1 Å². The summed E-state index contributed by atoms with van der Waals surface area (Å²) in [5.41, 5.74) is 2.57. The normalized spacial score (nSPS) is 20.8. The predicted molar refractivity (Wildman–Crippen MR) is 130 cm³/mol. The van der Waals surface area contributed by atoms with Gasteiger partial charge in [0.25, 0.3) is 5.91 Å². The molecule has 0 radical (unpaired) electrons. The number of hydrogen-bond donors (Lipinski definition) is 1. The van der Waals surface area contributed by atoms with Crippen molar-refractivity contribution in [3.63, 3.8) is 0 Å². The van der Waals surface area contributed by atoms with Crippen LogP contribution in [0.3, 0.4) is 0 Å². The van der Waals surface area contributed by atoms with Crippen LogP contribution in [-0.4, -0.2) is 38.1 Å². The molecule has 2 amide bonds. The van der Waals surface area contributed by atoms with Crippen molar-refractivity contribution in [3.8, 4) is 10.6 Å². The summed E-state index contributed by atoms with van der Waals surface area (Å²) < 4.78 is 1.72. The Hall–Kier alpha value is -2.93. The molecule has 0 spiro atoms. The predicted octanol–water partition coefficient (Wildman–Crippen LogP) is 4.65. The van der Waals surface area contributed by atoms with Crippen molar-refractivity contribution in [1.29, 1.82) is 0 Å². The fourth-order valence-corrected chi connectivity index (χ4v) is 5.59. The molecule has 1 saturated carbocycles. The molecule has 7 heteroatoms. The highest BCUT2D eigenvalue weighted by atomic mass is 32.1. The van der Waals surface area contributed by atoms with Gasteiger partial charge in [-0.1, -0.05) is 50.1 Å². The zero-order valence-corrected chi connectivity index (χ0v) is 20.0. The Balaban J connectivity index is 1.50. The first kappa shape index (κ1) is 21.9. The highest BCUT2D eigenvalue weighted by Gasteiger charge is 2.48. The Morgan fingerprint density at radius 1 is 1.18 bits per heavy atom. The van der Waals surface area contributed by atoms with Crippen molar-refractivity contribution in [2.45, 2.75) is 70.6 Å². The first-order valence-corrected chi connectivity index (χ1v) is 12.7. The van der Waals surface area contributed by atoms with E-state index < -0.39 is 5.54 Å². The minimum atomic E-state index is -1.02. The number of hydrogen-bond acceptors (Lipinski definition) is 4. The minimum Gasteiger partial charge on any atom is -0.351 e. The molecule has 6 nitrogen and oxygen atoms in total. The van der Waals surface area contributed by atoms with Gasteiger partial charge < -0.3 is 10.2 Å². The van der Waals surface area contributed by atoms with Gasteiger partial charge in [-0.3, -0.25) is 14.3 Å². The van der Waals surface area contributed by atoms with E-state index in [2.05, 4.69) is 36.5 Å². The van der Waals surface area contributed by atoms with Crippen LogP contribution in [0.4, 0.5) is 0 Å². The van der Waals surface area contributed by atoms with E-state index in [9.17, 15) is 9.59 Å². The van der Waals surface area contributed by atoms with Crippen LogP contribution < -0.4 is 5.32 Å². The average Bonchev–Trinajstić information content (AvgIpc) is 3.58. The number of benzene rings is 1. The molecule has 33 heavy (non-hydrogen) atoms. The Morgan fingerprint density at radius 3 is 2.58 bits per heavy atom. The third kappa shape index (κ3) is 4.10. The Bertz CT molecular complexity index is 1150. The Morgan fingerprint density at radius 2 is 1.91 bits per heavy atom. The van der Waals surface area contributed by atoms with Gasteiger partial charge in [0.05, 0.1) is 11.4 Å². The third-order valence-corrected chi connectivity index (χ3v) is 7.92. The number of amides is 2. The number of nitrogens with one attached hydrogen (secondary N) is 1. The monoisotopic (exact) mass is 462 g/mol. The van der Waals surface area contributed by atoms with Gasteiger partial charge in [0.15, 0.2) is 0 Å². The first-order valence-electron chi connectivity index (χ1n) is 11.8. The molecule has 0 unspecified atom stereocenters. The molecule has 1 atom stereocenters. The zero-order chi connectivity index (χ0) is 23.0.